The highest BCUT2D eigenvalue weighted by atomic mass is 32.1. The summed E-state index contributed by atoms with van der Waals surface area (Å²) < 4.78 is 1.17. The van der Waals surface area contributed by atoms with Gasteiger partial charge in [-0.15, -0.1) is 11.3 Å². The van der Waals surface area contributed by atoms with E-state index in [1.807, 2.05) is 65.1 Å². The number of aromatic nitrogens is 3. The fraction of sp³-hybridized carbons (Fsp3) is 0.125. The minimum atomic E-state index is 0.0685. The normalized spacial score (nSPS) is 13.6. The number of rotatable bonds is 5. The summed E-state index contributed by atoms with van der Waals surface area (Å²) in [5.41, 5.74) is 8.57. The molecule has 8 heteroatoms. The van der Waals surface area contributed by atoms with Gasteiger partial charge in [0.2, 0.25) is 0 Å². The minimum Gasteiger partial charge on any atom is -0.355 e. The molecule has 1 N–H and O–H groups in total. The smallest absolute Gasteiger partial charge is 0.253 e. The van der Waals surface area contributed by atoms with Crippen LogP contribution in [0.2, 0.25) is 0 Å². The summed E-state index contributed by atoms with van der Waals surface area (Å²) in [7, 11) is 0. The molecule has 0 bridgehead atoms. The molecule has 196 valence electrons. The molecule has 6 aromatic rings. The second-order valence-electron chi connectivity index (χ2n) is 9.79. The molecule has 3 aromatic heterocycles. The summed E-state index contributed by atoms with van der Waals surface area (Å²) in [5.74, 6) is 1.03. The molecule has 1 saturated heterocycles. The Balaban J connectivity index is 1.06. The van der Waals surface area contributed by atoms with Crippen LogP contribution in [0, 0.1) is 0 Å². The van der Waals surface area contributed by atoms with Crippen molar-refractivity contribution in [3.8, 4) is 11.1 Å². The topological polar surface area (TPSA) is 74.2 Å². The lowest BCUT2D eigenvalue weighted by molar-refractivity contribution is 0.0746. The van der Waals surface area contributed by atoms with Crippen LogP contribution in [0.15, 0.2) is 103 Å². The Labute approximate surface area is 235 Å². The predicted octanol–water partition coefficient (Wildman–Crippen LogP) is 6.61. The number of pyridine rings is 2. The van der Waals surface area contributed by atoms with Crippen molar-refractivity contribution in [3.05, 3.63) is 108 Å². The third-order valence-electron chi connectivity index (χ3n) is 7.36. The molecule has 0 radical (unpaired) electrons. The number of piperazine rings is 1. The Morgan fingerprint density at radius 3 is 2.42 bits per heavy atom. The lowest BCUT2D eigenvalue weighted by atomic mass is 10.0. The third-order valence-corrected chi connectivity index (χ3v) is 8.17. The zero-order valence-electron chi connectivity index (χ0n) is 21.7. The number of carbonyl (C=O) groups is 1. The van der Waals surface area contributed by atoms with Crippen LogP contribution in [-0.2, 0) is 0 Å². The number of thiazole rings is 1. The summed E-state index contributed by atoms with van der Waals surface area (Å²) >= 11 is 1.64. The highest BCUT2D eigenvalue weighted by molar-refractivity contribution is 7.16. The number of hydrogen-bond donors (Lipinski definition) is 1. The average molecular weight is 543 g/mol. The highest BCUT2D eigenvalue weighted by Gasteiger charge is 2.22. The molecule has 40 heavy (non-hydrogen) atoms. The van der Waals surface area contributed by atoms with E-state index in [9.17, 15) is 4.79 Å². The molecule has 7 nitrogen and oxygen atoms in total. The average Bonchev–Trinajstić information content (AvgIpc) is 3.49. The van der Waals surface area contributed by atoms with Crippen molar-refractivity contribution in [2.24, 2.45) is 0 Å². The van der Waals surface area contributed by atoms with Crippen molar-refractivity contribution in [1.29, 1.82) is 0 Å². The predicted molar refractivity (Wildman–Crippen MR) is 162 cm³/mol. The molecule has 1 amide bonds. The lowest BCUT2D eigenvalue weighted by Gasteiger charge is -2.35. The quantitative estimate of drug-likeness (QED) is 0.264. The Hall–Kier alpha value is -4.82. The molecular formula is C32H26N6OS. The van der Waals surface area contributed by atoms with Crippen molar-refractivity contribution >= 4 is 55.6 Å². The van der Waals surface area contributed by atoms with E-state index in [0.29, 0.717) is 18.7 Å². The van der Waals surface area contributed by atoms with Crippen molar-refractivity contribution in [2.75, 3.05) is 36.4 Å². The van der Waals surface area contributed by atoms with Crippen LogP contribution in [0.25, 0.3) is 32.2 Å². The summed E-state index contributed by atoms with van der Waals surface area (Å²) in [4.78, 5) is 30.8. The van der Waals surface area contributed by atoms with E-state index in [1.54, 1.807) is 17.5 Å². The maximum atomic E-state index is 13.2. The number of nitrogens with one attached hydrogen (secondary N) is 1. The van der Waals surface area contributed by atoms with E-state index in [2.05, 4.69) is 61.6 Å². The van der Waals surface area contributed by atoms with Gasteiger partial charge in [-0.05, 0) is 65.7 Å². The van der Waals surface area contributed by atoms with E-state index in [0.717, 1.165) is 57.8 Å². The van der Waals surface area contributed by atoms with E-state index in [1.165, 1.54) is 4.70 Å². The standard InChI is InChI=1S/C32H26N6OS/c39-32(38-17-15-37(16-18-38)31-3-1-2-13-34-31)23-6-4-22(5-7-23)24-8-10-26-27(12-14-33-28(26)19-24)36-25-9-11-30-29(20-25)35-21-40-30/h1-14,19-21H,15-18H2,(H,33,36). The fourth-order valence-electron chi connectivity index (χ4n) is 5.20. The first-order chi connectivity index (χ1) is 19.7. The molecule has 1 aliphatic heterocycles. The van der Waals surface area contributed by atoms with Crippen LogP contribution in [0.5, 0.6) is 0 Å². The van der Waals surface area contributed by atoms with Crippen molar-refractivity contribution < 1.29 is 4.79 Å². The van der Waals surface area contributed by atoms with E-state index in [-0.39, 0.29) is 5.91 Å². The second kappa shape index (κ2) is 10.4. The first-order valence-corrected chi connectivity index (χ1v) is 14.1. The van der Waals surface area contributed by atoms with Gasteiger partial charge in [-0.25, -0.2) is 9.97 Å². The van der Waals surface area contributed by atoms with Gasteiger partial charge < -0.3 is 15.1 Å². The maximum absolute atomic E-state index is 13.2. The van der Waals surface area contributed by atoms with Crippen LogP contribution in [0.4, 0.5) is 17.2 Å². The third kappa shape index (κ3) is 4.74. The maximum Gasteiger partial charge on any atom is 0.253 e. The Morgan fingerprint density at radius 1 is 0.750 bits per heavy atom. The van der Waals surface area contributed by atoms with Gasteiger partial charge in [-0.2, -0.15) is 0 Å². The van der Waals surface area contributed by atoms with Crippen LogP contribution < -0.4 is 10.2 Å². The van der Waals surface area contributed by atoms with Crippen LogP contribution >= 0.6 is 11.3 Å². The second-order valence-corrected chi connectivity index (χ2v) is 10.7. The number of benzene rings is 3. The van der Waals surface area contributed by atoms with Crippen molar-refractivity contribution in [3.63, 3.8) is 0 Å². The molecule has 1 aliphatic rings. The fourth-order valence-corrected chi connectivity index (χ4v) is 5.85. The molecule has 0 spiro atoms. The number of amides is 1. The minimum absolute atomic E-state index is 0.0685. The van der Waals surface area contributed by atoms with E-state index < -0.39 is 0 Å². The molecule has 0 aliphatic carbocycles. The highest BCUT2D eigenvalue weighted by Crippen LogP contribution is 2.31. The molecule has 1 fully saturated rings. The molecule has 4 heterocycles. The lowest BCUT2D eigenvalue weighted by Crippen LogP contribution is -2.49. The summed E-state index contributed by atoms with van der Waals surface area (Å²) in [6, 6.07) is 28.3. The zero-order valence-corrected chi connectivity index (χ0v) is 22.5. The van der Waals surface area contributed by atoms with Gasteiger partial charge in [0.05, 0.1) is 21.2 Å². The molecule has 7 rings (SSSR count). The molecule has 0 saturated carbocycles. The van der Waals surface area contributed by atoms with Gasteiger partial charge in [-0.1, -0.05) is 30.3 Å². The number of nitrogens with zero attached hydrogens (tertiary/aromatic N) is 5. The van der Waals surface area contributed by atoms with Crippen LogP contribution in [0.1, 0.15) is 10.4 Å². The molecular weight excluding hydrogens is 516 g/mol. The summed E-state index contributed by atoms with van der Waals surface area (Å²) in [6.45, 7) is 2.92. The number of hydrogen-bond acceptors (Lipinski definition) is 7. The summed E-state index contributed by atoms with van der Waals surface area (Å²) in [5, 5.41) is 4.57. The largest absolute Gasteiger partial charge is 0.355 e. The van der Waals surface area contributed by atoms with Crippen LogP contribution in [-0.4, -0.2) is 51.9 Å². The van der Waals surface area contributed by atoms with Crippen molar-refractivity contribution in [2.45, 2.75) is 0 Å². The Morgan fingerprint density at radius 2 is 1.60 bits per heavy atom. The number of anilines is 3. The molecule has 3 aromatic carbocycles. The van der Waals surface area contributed by atoms with Gasteiger partial charge in [0.25, 0.3) is 5.91 Å². The van der Waals surface area contributed by atoms with Gasteiger partial charge in [0.1, 0.15) is 5.82 Å². The first kappa shape index (κ1) is 24.2. The Bertz CT molecular complexity index is 1810. The van der Waals surface area contributed by atoms with Gasteiger partial charge in [0.15, 0.2) is 0 Å². The first-order valence-electron chi connectivity index (χ1n) is 13.3. The Kier molecular flexibility index (Phi) is 6.30. The molecule has 0 atom stereocenters. The monoisotopic (exact) mass is 542 g/mol. The van der Waals surface area contributed by atoms with Gasteiger partial charge >= 0.3 is 0 Å². The van der Waals surface area contributed by atoms with E-state index >= 15 is 0 Å². The van der Waals surface area contributed by atoms with E-state index in [4.69, 9.17) is 0 Å². The van der Waals surface area contributed by atoms with Crippen molar-refractivity contribution in [1.82, 2.24) is 19.9 Å². The van der Waals surface area contributed by atoms with Gasteiger partial charge in [0, 0.05) is 60.9 Å². The SMILES string of the molecule is O=C(c1ccc(-c2ccc3c(Nc4ccc5scnc5c4)ccnc3c2)cc1)N1CCN(c2ccccn2)CC1. The zero-order chi connectivity index (χ0) is 26.9. The summed E-state index contributed by atoms with van der Waals surface area (Å²) in [6.07, 6.45) is 3.63. The van der Waals surface area contributed by atoms with Crippen LogP contribution in [0.3, 0.4) is 0 Å². The number of carbonyl (C=O) groups excluding carboxylic acids is 1. The van der Waals surface area contributed by atoms with Gasteiger partial charge in [-0.3, -0.25) is 9.78 Å². The number of fused-ring (bicyclic) bond motifs is 2. The molecule has 0 unspecified atom stereocenters.